The molecule has 0 atom stereocenters. The predicted octanol–water partition coefficient (Wildman–Crippen LogP) is -0.492. The first kappa shape index (κ1) is 12.8. The van der Waals surface area contributed by atoms with Gasteiger partial charge in [-0.15, -0.1) is 0 Å². The number of pyridine rings is 1. The van der Waals surface area contributed by atoms with Gasteiger partial charge in [-0.05, 0) is 13.0 Å². The van der Waals surface area contributed by atoms with Crippen LogP contribution in [0.3, 0.4) is 0 Å². The normalized spacial score (nSPS) is 13.2. The van der Waals surface area contributed by atoms with Gasteiger partial charge in [0, 0.05) is 5.22 Å². The lowest BCUT2D eigenvalue weighted by Gasteiger charge is -1.97. The Bertz CT molecular complexity index is 542. The first-order chi connectivity index (χ1) is 8.17. The molecular weight excluding hydrogens is 216 g/mol. The second-order valence-corrected chi connectivity index (χ2v) is 3.34. The fourth-order valence-electron chi connectivity index (χ4n) is 1.23. The maximum atomic E-state index is 9.10. The molecule has 0 aliphatic carbocycles. The summed E-state index contributed by atoms with van der Waals surface area (Å²) >= 11 is 0. The third-order valence-corrected chi connectivity index (χ3v) is 2.03. The summed E-state index contributed by atoms with van der Waals surface area (Å²) in [5.41, 5.74) is 11.2. The van der Waals surface area contributed by atoms with E-state index in [0.717, 1.165) is 11.5 Å². The van der Waals surface area contributed by atoms with E-state index in [1.807, 2.05) is 37.3 Å². The van der Waals surface area contributed by atoms with Crippen LogP contribution in [0.25, 0.3) is 12.3 Å². The number of hydrogen-bond acceptors (Lipinski definition) is 3. The molecule has 90 valence electrons. The number of aliphatic hydroxyl groups excluding tert-OH is 1. The van der Waals surface area contributed by atoms with E-state index in [1.165, 1.54) is 0 Å². The molecule has 5 N–H and O–H groups in total. The van der Waals surface area contributed by atoms with Crippen molar-refractivity contribution in [3.05, 3.63) is 40.5 Å². The van der Waals surface area contributed by atoms with E-state index < -0.39 is 0 Å². The summed E-state index contributed by atoms with van der Waals surface area (Å²) in [6.07, 6.45) is 6.60. The fraction of sp³-hybridized carbons (Fsp3) is 0.167. The molecule has 1 aromatic heterocycles. The third-order valence-electron chi connectivity index (χ3n) is 2.03. The van der Waals surface area contributed by atoms with E-state index in [2.05, 4.69) is 9.98 Å². The van der Waals surface area contributed by atoms with Crippen LogP contribution in [0.4, 0.5) is 0 Å². The van der Waals surface area contributed by atoms with Gasteiger partial charge < -0.3 is 16.6 Å². The van der Waals surface area contributed by atoms with Crippen molar-refractivity contribution in [1.82, 2.24) is 4.98 Å². The molecule has 1 aromatic rings. The molecular formula is C12H16N4O. The molecule has 0 amide bonds. The van der Waals surface area contributed by atoms with Crippen LogP contribution in [0.5, 0.6) is 0 Å². The van der Waals surface area contributed by atoms with Crippen LogP contribution in [-0.4, -0.2) is 16.1 Å². The minimum Gasteiger partial charge on any atom is -0.513 e. The number of nitrogens with zero attached hydrogens (tertiary/aromatic N) is 2. The molecule has 0 spiro atoms. The van der Waals surface area contributed by atoms with Gasteiger partial charge >= 0.3 is 0 Å². The lowest BCUT2D eigenvalue weighted by molar-refractivity contribution is 0.537. The van der Waals surface area contributed by atoms with Crippen LogP contribution in [-0.2, 0) is 6.54 Å². The van der Waals surface area contributed by atoms with Crippen molar-refractivity contribution in [3.8, 4) is 0 Å². The average molecular weight is 232 g/mol. The molecule has 0 bridgehead atoms. The number of guanidine groups is 1. The lowest BCUT2D eigenvalue weighted by Crippen LogP contribution is -2.29. The molecule has 0 aliphatic heterocycles. The van der Waals surface area contributed by atoms with Crippen LogP contribution >= 0.6 is 0 Å². The molecule has 0 saturated heterocycles. The summed E-state index contributed by atoms with van der Waals surface area (Å²) in [6.45, 7) is 2.21. The van der Waals surface area contributed by atoms with Crippen LogP contribution < -0.4 is 22.0 Å². The van der Waals surface area contributed by atoms with E-state index >= 15 is 0 Å². The standard InChI is InChI=1S/C12H16N4O/c1-2-3-4-9-5-6-10(7-15-12(13)14)16-11(9)8-17/h2-6,8,17H,7H2,1H3,(H4,13,14,15)/b3-2-,9-4-,11-8-. The van der Waals surface area contributed by atoms with Crippen LogP contribution in [0.2, 0.25) is 0 Å². The largest absolute Gasteiger partial charge is 0.513 e. The Morgan fingerprint density at radius 1 is 1.47 bits per heavy atom. The van der Waals surface area contributed by atoms with Crippen LogP contribution in [0.15, 0.2) is 29.3 Å². The van der Waals surface area contributed by atoms with Gasteiger partial charge in [0.1, 0.15) is 11.6 Å². The number of hydrogen-bond donors (Lipinski definition) is 3. The van der Waals surface area contributed by atoms with E-state index in [-0.39, 0.29) is 5.96 Å². The maximum absolute atomic E-state index is 9.10. The Kier molecular flexibility index (Phi) is 4.75. The van der Waals surface area contributed by atoms with Gasteiger partial charge in [-0.25, -0.2) is 9.98 Å². The van der Waals surface area contributed by atoms with Crippen LogP contribution in [0.1, 0.15) is 12.6 Å². The molecule has 1 rings (SSSR count). The number of nitrogens with two attached hydrogens (primary N) is 2. The number of aliphatic imine (C=N–C) groups is 1. The van der Waals surface area contributed by atoms with Crippen molar-refractivity contribution in [3.63, 3.8) is 0 Å². The summed E-state index contributed by atoms with van der Waals surface area (Å²) in [6, 6.07) is 3.67. The highest BCUT2D eigenvalue weighted by atomic mass is 16.2. The summed E-state index contributed by atoms with van der Waals surface area (Å²) < 4.78 is 0. The number of allylic oxidation sites excluding steroid dienone is 2. The van der Waals surface area contributed by atoms with Gasteiger partial charge in [0.25, 0.3) is 0 Å². The van der Waals surface area contributed by atoms with Gasteiger partial charge in [-0.3, -0.25) is 0 Å². The van der Waals surface area contributed by atoms with Gasteiger partial charge in [0.05, 0.1) is 12.2 Å². The quantitative estimate of drug-likeness (QED) is 0.483. The molecule has 0 fully saturated rings. The third kappa shape index (κ3) is 3.98. The number of aromatic nitrogens is 1. The minimum absolute atomic E-state index is 0.0193. The summed E-state index contributed by atoms with van der Waals surface area (Å²) in [7, 11) is 0. The smallest absolute Gasteiger partial charge is 0.186 e. The highest BCUT2D eigenvalue weighted by Crippen LogP contribution is 1.90. The first-order valence-corrected chi connectivity index (χ1v) is 5.16. The Hall–Kier alpha value is -2.30. The van der Waals surface area contributed by atoms with Crippen molar-refractivity contribution in [2.45, 2.75) is 13.5 Å². The highest BCUT2D eigenvalue weighted by Gasteiger charge is 1.94. The monoisotopic (exact) mass is 232 g/mol. The molecule has 1 heterocycles. The van der Waals surface area contributed by atoms with Gasteiger partial charge in [-0.2, -0.15) is 0 Å². The van der Waals surface area contributed by atoms with E-state index in [9.17, 15) is 0 Å². The molecule has 0 saturated carbocycles. The zero-order valence-electron chi connectivity index (χ0n) is 9.67. The van der Waals surface area contributed by atoms with E-state index in [1.54, 1.807) is 0 Å². The molecule has 0 unspecified atom stereocenters. The van der Waals surface area contributed by atoms with Gasteiger partial charge in [0.15, 0.2) is 5.96 Å². The zero-order chi connectivity index (χ0) is 12.7. The Labute approximate surface area is 99.5 Å². The van der Waals surface area contributed by atoms with Crippen molar-refractivity contribution in [2.75, 3.05) is 0 Å². The number of aliphatic hydroxyl groups is 1. The second-order valence-electron chi connectivity index (χ2n) is 3.34. The summed E-state index contributed by atoms with van der Waals surface area (Å²) in [5.74, 6) is 0.0193. The lowest BCUT2D eigenvalue weighted by atomic mass is 10.2. The van der Waals surface area contributed by atoms with Gasteiger partial charge in [0.2, 0.25) is 0 Å². The second kappa shape index (κ2) is 6.32. The molecule has 0 radical (unpaired) electrons. The maximum Gasteiger partial charge on any atom is 0.186 e. The highest BCUT2D eigenvalue weighted by molar-refractivity contribution is 5.75. The van der Waals surface area contributed by atoms with Crippen molar-refractivity contribution >= 4 is 18.3 Å². The number of rotatable bonds is 3. The molecule has 5 nitrogen and oxygen atoms in total. The van der Waals surface area contributed by atoms with E-state index in [0.29, 0.717) is 17.6 Å². The fourth-order valence-corrected chi connectivity index (χ4v) is 1.23. The summed E-state index contributed by atoms with van der Waals surface area (Å²) in [4.78, 5) is 8.08. The Balaban J connectivity index is 3.14. The molecule has 17 heavy (non-hydrogen) atoms. The van der Waals surface area contributed by atoms with Crippen molar-refractivity contribution in [2.24, 2.45) is 16.5 Å². The van der Waals surface area contributed by atoms with Crippen LogP contribution in [0, 0.1) is 0 Å². The Morgan fingerprint density at radius 2 is 2.24 bits per heavy atom. The Morgan fingerprint density at radius 3 is 2.82 bits per heavy atom. The first-order valence-electron chi connectivity index (χ1n) is 5.16. The molecule has 0 aromatic carbocycles. The van der Waals surface area contributed by atoms with Gasteiger partial charge in [-0.1, -0.05) is 24.3 Å². The summed E-state index contributed by atoms with van der Waals surface area (Å²) in [5, 5.41) is 10.4. The van der Waals surface area contributed by atoms with Crippen molar-refractivity contribution < 1.29 is 5.11 Å². The predicted molar refractivity (Wildman–Crippen MR) is 69.4 cm³/mol. The average Bonchev–Trinajstić information content (AvgIpc) is 2.34. The SMILES string of the molecule is C\C=C/C=c1/ccc(CN=C(N)N)n/c1=C\O. The molecule has 5 heteroatoms. The minimum atomic E-state index is 0.0193. The van der Waals surface area contributed by atoms with E-state index in [4.69, 9.17) is 16.6 Å². The molecule has 0 aliphatic rings. The van der Waals surface area contributed by atoms with Crippen molar-refractivity contribution in [1.29, 1.82) is 0 Å². The zero-order valence-corrected chi connectivity index (χ0v) is 9.67. The topological polar surface area (TPSA) is 97.5 Å².